The lowest BCUT2D eigenvalue weighted by Gasteiger charge is -2.47. The number of amides is 1. The molecule has 1 N–H and O–H groups in total. The normalized spacial score (nSPS) is 20.0. The Hall–Kier alpha value is -1.99. The minimum absolute atomic E-state index is 0.0427. The van der Waals surface area contributed by atoms with Crippen molar-refractivity contribution in [2.45, 2.75) is 25.7 Å². The quantitative estimate of drug-likeness (QED) is 0.893. The molecule has 1 amide bonds. The zero-order valence-electron chi connectivity index (χ0n) is 14.8. The van der Waals surface area contributed by atoms with Gasteiger partial charge >= 0.3 is 0 Å². The van der Waals surface area contributed by atoms with Gasteiger partial charge in [-0.25, -0.2) is 0 Å². The molecule has 2 aliphatic rings. The lowest BCUT2D eigenvalue weighted by atomic mass is 9.72. The molecule has 1 aromatic carbocycles. The van der Waals surface area contributed by atoms with Crippen molar-refractivity contribution < 1.29 is 9.90 Å². The van der Waals surface area contributed by atoms with Gasteiger partial charge in [0.1, 0.15) is 5.01 Å². The van der Waals surface area contributed by atoms with Gasteiger partial charge in [-0.15, -0.1) is 10.2 Å². The number of rotatable bonds is 4. The van der Waals surface area contributed by atoms with Crippen LogP contribution in [-0.4, -0.2) is 58.9 Å². The number of carbonyl (C=O) groups excluding carboxylic acids is 1. The SMILES string of the molecule is O=C1CCC2(CCN(c3nnc(-c4ccccc4)s3)CC2)CN1CCO. The van der Waals surface area contributed by atoms with Crippen molar-refractivity contribution in [3.8, 4) is 10.6 Å². The Kier molecular flexibility index (Phi) is 4.91. The first-order valence-corrected chi connectivity index (χ1v) is 10.0. The van der Waals surface area contributed by atoms with E-state index in [2.05, 4.69) is 27.2 Å². The van der Waals surface area contributed by atoms with Gasteiger partial charge in [-0.3, -0.25) is 4.79 Å². The number of hydrogen-bond donors (Lipinski definition) is 1. The van der Waals surface area contributed by atoms with Crippen LogP contribution < -0.4 is 4.90 Å². The number of hydrogen-bond acceptors (Lipinski definition) is 6. The standard InChI is InChI=1S/C19H24N4O2S/c24-13-12-23-14-19(7-6-16(23)25)8-10-22(11-9-19)18-21-20-17(26-18)15-4-2-1-3-5-15/h1-5,24H,6-14H2. The van der Waals surface area contributed by atoms with Crippen molar-refractivity contribution >= 4 is 22.4 Å². The van der Waals surface area contributed by atoms with Crippen LogP contribution in [0.25, 0.3) is 10.6 Å². The molecule has 0 radical (unpaired) electrons. The molecular weight excluding hydrogens is 348 g/mol. The first-order valence-electron chi connectivity index (χ1n) is 9.22. The highest BCUT2D eigenvalue weighted by Gasteiger charge is 2.41. The molecular formula is C19H24N4O2S. The van der Waals surface area contributed by atoms with Gasteiger partial charge in [0.05, 0.1) is 6.61 Å². The number of aliphatic hydroxyl groups is 1. The Morgan fingerprint density at radius 2 is 1.88 bits per heavy atom. The number of aliphatic hydroxyl groups excluding tert-OH is 1. The first-order chi connectivity index (χ1) is 12.7. The van der Waals surface area contributed by atoms with E-state index >= 15 is 0 Å². The lowest BCUT2D eigenvalue weighted by Crippen LogP contribution is -2.52. The Morgan fingerprint density at radius 3 is 2.62 bits per heavy atom. The van der Waals surface area contributed by atoms with E-state index in [4.69, 9.17) is 0 Å². The molecule has 2 fully saturated rings. The van der Waals surface area contributed by atoms with Crippen LogP contribution in [0.5, 0.6) is 0 Å². The van der Waals surface area contributed by atoms with Gasteiger partial charge in [0.25, 0.3) is 0 Å². The van der Waals surface area contributed by atoms with Crippen LogP contribution in [0.2, 0.25) is 0 Å². The van der Waals surface area contributed by atoms with Crippen LogP contribution in [0.3, 0.4) is 0 Å². The second-order valence-corrected chi connectivity index (χ2v) is 8.24. The Balaban J connectivity index is 1.41. The molecule has 26 heavy (non-hydrogen) atoms. The summed E-state index contributed by atoms with van der Waals surface area (Å²) in [6.45, 7) is 3.18. The van der Waals surface area contributed by atoms with Gasteiger partial charge in [-0.2, -0.15) is 0 Å². The summed E-state index contributed by atoms with van der Waals surface area (Å²) in [5.74, 6) is 0.184. The largest absolute Gasteiger partial charge is 0.395 e. The van der Waals surface area contributed by atoms with Crippen LogP contribution in [0.1, 0.15) is 25.7 Å². The molecule has 4 rings (SSSR count). The van der Waals surface area contributed by atoms with Crippen LogP contribution in [0.15, 0.2) is 30.3 Å². The number of aromatic nitrogens is 2. The summed E-state index contributed by atoms with van der Waals surface area (Å²) >= 11 is 1.64. The summed E-state index contributed by atoms with van der Waals surface area (Å²) in [4.78, 5) is 16.2. The minimum Gasteiger partial charge on any atom is -0.395 e. The van der Waals surface area contributed by atoms with Crippen LogP contribution in [-0.2, 0) is 4.79 Å². The highest BCUT2D eigenvalue weighted by atomic mass is 32.1. The number of benzene rings is 1. The molecule has 0 aliphatic carbocycles. The third-order valence-corrected chi connectivity index (χ3v) is 6.68. The summed E-state index contributed by atoms with van der Waals surface area (Å²) < 4.78 is 0. The molecule has 1 spiro atoms. The molecule has 7 heteroatoms. The highest BCUT2D eigenvalue weighted by Crippen LogP contribution is 2.41. The van der Waals surface area contributed by atoms with Crippen LogP contribution in [0, 0.1) is 5.41 Å². The maximum Gasteiger partial charge on any atom is 0.222 e. The third-order valence-electron chi connectivity index (χ3n) is 5.65. The van der Waals surface area contributed by atoms with Crippen LogP contribution in [0.4, 0.5) is 5.13 Å². The van der Waals surface area contributed by atoms with E-state index in [1.807, 2.05) is 23.1 Å². The van der Waals surface area contributed by atoms with Gasteiger partial charge in [0.15, 0.2) is 0 Å². The van der Waals surface area contributed by atoms with Crippen molar-refractivity contribution in [3.05, 3.63) is 30.3 Å². The van der Waals surface area contributed by atoms with Crippen LogP contribution >= 0.6 is 11.3 Å². The van der Waals surface area contributed by atoms with Crippen molar-refractivity contribution in [3.63, 3.8) is 0 Å². The predicted octanol–water partition coefficient (Wildman–Crippen LogP) is 2.41. The summed E-state index contributed by atoms with van der Waals surface area (Å²) in [7, 11) is 0. The second kappa shape index (κ2) is 7.32. The molecule has 0 saturated carbocycles. The molecule has 2 aliphatic heterocycles. The fraction of sp³-hybridized carbons (Fsp3) is 0.526. The average Bonchev–Trinajstić information content (AvgIpc) is 3.17. The number of likely N-dealkylation sites (tertiary alicyclic amines) is 1. The van der Waals surface area contributed by atoms with Gasteiger partial charge in [-0.1, -0.05) is 41.7 Å². The van der Waals surface area contributed by atoms with Crippen molar-refractivity contribution in [1.82, 2.24) is 15.1 Å². The Morgan fingerprint density at radius 1 is 1.12 bits per heavy atom. The van der Waals surface area contributed by atoms with Crippen molar-refractivity contribution in [2.75, 3.05) is 37.7 Å². The number of carbonyl (C=O) groups is 1. The molecule has 0 bridgehead atoms. The zero-order chi connectivity index (χ0) is 18.0. The van der Waals surface area contributed by atoms with Gasteiger partial charge in [0.2, 0.25) is 11.0 Å². The Bertz CT molecular complexity index is 756. The van der Waals surface area contributed by atoms with Gasteiger partial charge in [0, 0.05) is 38.2 Å². The van der Waals surface area contributed by atoms with Crippen molar-refractivity contribution in [1.29, 1.82) is 0 Å². The van der Waals surface area contributed by atoms with Crippen molar-refractivity contribution in [2.24, 2.45) is 5.41 Å². The average molecular weight is 372 g/mol. The molecule has 6 nitrogen and oxygen atoms in total. The second-order valence-electron chi connectivity index (χ2n) is 7.28. The first kappa shape index (κ1) is 17.4. The van der Waals surface area contributed by atoms with Gasteiger partial charge < -0.3 is 14.9 Å². The number of β-amino-alcohol motifs (C(OH)–C–C–N with tert-alkyl or cyclic N) is 1. The summed E-state index contributed by atoms with van der Waals surface area (Å²) in [6, 6.07) is 10.2. The molecule has 3 heterocycles. The monoisotopic (exact) mass is 372 g/mol. The number of piperidine rings is 2. The molecule has 2 aromatic rings. The van der Waals surface area contributed by atoms with E-state index in [1.54, 1.807) is 11.3 Å². The fourth-order valence-corrected chi connectivity index (χ4v) is 4.95. The fourth-order valence-electron chi connectivity index (χ4n) is 4.05. The van der Waals surface area contributed by atoms with E-state index in [0.29, 0.717) is 13.0 Å². The minimum atomic E-state index is 0.0427. The molecule has 138 valence electrons. The summed E-state index contributed by atoms with van der Waals surface area (Å²) in [6.07, 6.45) is 3.69. The third kappa shape index (κ3) is 3.46. The van der Waals surface area contributed by atoms with E-state index in [0.717, 1.165) is 54.6 Å². The Labute approximate surface area is 157 Å². The van der Waals surface area contributed by atoms with Gasteiger partial charge in [-0.05, 0) is 24.7 Å². The van der Waals surface area contributed by atoms with E-state index in [1.165, 1.54) is 0 Å². The number of nitrogens with zero attached hydrogens (tertiary/aromatic N) is 4. The van der Waals surface area contributed by atoms with E-state index < -0.39 is 0 Å². The maximum absolute atomic E-state index is 12.0. The lowest BCUT2D eigenvalue weighted by molar-refractivity contribution is -0.138. The van der Waals surface area contributed by atoms with E-state index in [-0.39, 0.29) is 17.9 Å². The summed E-state index contributed by atoms with van der Waals surface area (Å²) in [5, 5.41) is 19.9. The maximum atomic E-state index is 12.0. The van der Waals surface area contributed by atoms with E-state index in [9.17, 15) is 9.90 Å². The zero-order valence-corrected chi connectivity index (χ0v) is 15.6. The molecule has 0 atom stereocenters. The topological polar surface area (TPSA) is 69.6 Å². The highest BCUT2D eigenvalue weighted by molar-refractivity contribution is 7.18. The molecule has 0 unspecified atom stereocenters. The molecule has 2 saturated heterocycles. The predicted molar refractivity (Wildman–Crippen MR) is 102 cm³/mol. The number of anilines is 1. The molecule has 1 aromatic heterocycles. The summed E-state index contributed by atoms with van der Waals surface area (Å²) in [5.41, 5.74) is 1.31. The smallest absolute Gasteiger partial charge is 0.222 e.